The van der Waals surface area contributed by atoms with Gasteiger partial charge in [-0.3, -0.25) is 24.3 Å². The SMILES string of the molecule is CCc1ccc(C(=O)N2CCC3(CC2)OC[C@@H](C(=O)NCc2ccccn2)N3C(=O)c2cccc(C)c2)cc1. The number of aromatic nitrogens is 1. The first-order valence-corrected chi connectivity index (χ1v) is 13.5. The van der Waals surface area contributed by atoms with Gasteiger partial charge in [0.2, 0.25) is 5.91 Å². The molecule has 39 heavy (non-hydrogen) atoms. The van der Waals surface area contributed by atoms with Crippen LogP contribution in [0, 0.1) is 6.92 Å². The van der Waals surface area contributed by atoms with E-state index in [0.717, 1.165) is 17.7 Å². The van der Waals surface area contributed by atoms with Crippen molar-refractivity contribution in [2.24, 2.45) is 0 Å². The van der Waals surface area contributed by atoms with E-state index >= 15 is 0 Å². The molecule has 3 aromatic rings. The van der Waals surface area contributed by atoms with E-state index in [-0.39, 0.29) is 30.9 Å². The average molecular weight is 527 g/mol. The number of pyridine rings is 1. The summed E-state index contributed by atoms with van der Waals surface area (Å²) in [6.45, 7) is 5.22. The number of hydrogen-bond acceptors (Lipinski definition) is 5. The highest BCUT2D eigenvalue weighted by atomic mass is 16.5. The predicted molar refractivity (Wildman–Crippen MR) is 147 cm³/mol. The molecule has 2 fully saturated rings. The molecule has 2 aliphatic heterocycles. The number of nitrogens with one attached hydrogen (secondary N) is 1. The van der Waals surface area contributed by atoms with E-state index in [1.54, 1.807) is 22.1 Å². The molecule has 1 aromatic heterocycles. The second kappa shape index (κ2) is 11.4. The summed E-state index contributed by atoms with van der Waals surface area (Å²) in [6, 6.07) is 19.8. The smallest absolute Gasteiger partial charge is 0.256 e. The van der Waals surface area contributed by atoms with Crippen LogP contribution in [0.4, 0.5) is 0 Å². The predicted octanol–water partition coefficient (Wildman–Crippen LogP) is 3.74. The van der Waals surface area contributed by atoms with E-state index in [1.807, 2.05) is 67.6 Å². The summed E-state index contributed by atoms with van der Waals surface area (Å²) in [5.74, 6) is -0.566. The molecule has 2 saturated heterocycles. The first-order valence-electron chi connectivity index (χ1n) is 13.5. The third-order valence-corrected chi connectivity index (χ3v) is 7.66. The second-order valence-electron chi connectivity index (χ2n) is 10.2. The Hall–Kier alpha value is -4.04. The third-order valence-electron chi connectivity index (χ3n) is 7.66. The minimum atomic E-state index is -0.962. The zero-order chi connectivity index (χ0) is 27.4. The summed E-state index contributed by atoms with van der Waals surface area (Å²) in [6.07, 6.45) is 3.44. The lowest BCUT2D eigenvalue weighted by Gasteiger charge is -2.44. The van der Waals surface area contributed by atoms with Crippen molar-refractivity contribution in [1.29, 1.82) is 0 Å². The molecule has 2 aromatic carbocycles. The number of likely N-dealkylation sites (tertiary alicyclic amines) is 1. The Kier molecular flexibility index (Phi) is 7.74. The number of piperidine rings is 1. The van der Waals surface area contributed by atoms with Gasteiger partial charge < -0.3 is 15.0 Å². The maximum atomic E-state index is 13.9. The zero-order valence-corrected chi connectivity index (χ0v) is 22.4. The van der Waals surface area contributed by atoms with Crippen LogP contribution in [-0.2, 0) is 22.5 Å². The number of aryl methyl sites for hydroxylation is 2. The average Bonchev–Trinajstić information content (AvgIpc) is 3.34. The Morgan fingerprint density at radius 2 is 1.74 bits per heavy atom. The summed E-state index contributed by atoms with van der Waals surface area (Å²) < 4.78 is 6.31. The number of nitrogens with zero attached hydrogens (tertiary/aromatic N) is 3. The quantitative estimate of drug-likeness (QED) is 0.528. The Labute approximate surface area is 229 Å². The van der Waals surface area contributed by atoms with Gasteiger partial charge in [-0.05, 0) is 55.3 Å². The first-order chi connectivity index (χ1) is 18.9. The Bertz CT molecular complexity index is 1330. The summed E-state index contributed by atoms with van der Waals surface area (Å²) in [7, 11) is 0. The molecule has 0 bridgehead atoms. The molecule has 3 amide bonds. The van der Waals surface area contributed by atoms with Gasteiger partial charge in [0.1, 0.15) is 11.8 Å². The molecule has 1 atom stereocenters. The fourth-order valence-electron chi connectivity index (χ4n) is 5.41. The van der Waals surface area contributed by atoms with Gasteiger partial charge in [-0.25, -0.2) is 0 Å². The second-order valence-corrected chi connectivity index (χ2v) is 10.2. The molecule has 202 valence electrons. The van der Waals surface area contributed by atoms with Crippen molar-refractivity contribution in [3.63, 3.8) is 0 Å². The largest absolute Gasteiger partial charge is 0.353 e. The standard InChI is InChI=1S/C31H34N4O4/c1-3-23-10-12-24(13-11-23)29(37)34-17-14-31(15-18-34)35(30(38)25-8-6-7-22(2)19-25)27(21-39-31)28(36)33-20-26-9-4-5-16-32-26/h4-13,16,19,27H,3,14-15,17-18,20-21H2,1-2H3,(H,33,36)/t27-/m0/s1. The maximum Gasteiger partial charge on any atom is 0.256 e. The van der Waals surface area contributed by atoms with Crippen LogP contribution in [0.2, 0.25) is 0 Å². The van der Waals surface area contributed by atoms with Crippen LogP contribution < -0.4 is 5.32 Å². The number of hydrogen-bond donors (Lipinski definition) is 1. The Morgan fingerprint density at radius 3 is 2.41 bits per heavy atom. The van der Waals surface area contributed by atoms with Crippen LogP contribution >= 0.6 is 0 Å². The summed E-state index contributed by atoms with van der Waals surface area (Å²) >= 11 is 0. The lowest BCUT2D eigenvalue weighted by atomic mass is 9.95. The molecule has 3 heterocycles. The van der Waals surface area contributed by atoms with Gasteiger partial charge in [0.05, 0.1) is 18.8 Å². The Morgan fingerprint density at radius 1 is 0.974 bits per heavy atom. The van der Waals surface area contributed by atoms with Crippen LogP contribution in [0.1, 0.15) is 57.3 Å². The van der Waals surface area contributed by atoms with E-state index in [4.69, 9.17) is 4.74 Å². The zero-order valence-electron chi connectivity index (χ0n) is 22.4. The fraction of sp³-hybridized carbons (Fsp3) is 0.355. The normalized spacial score (nSPS) is 18.3. The van der Waals surface area contributed by atoms with Gasteiger partial charge in [-0.2, -0.15) is 0 Å². The van der Waals surface area contributed by atoms with Crippen LogP contribution in [0.5, 0.6) is 0 Å². The van der Waals surface area contributed by atoms with Gasteiger partial charge in [-0.1, -0.05) is 42.8 Å². The summed E-state index contributed by atoms with van der Waals surface area (Å²) in [5, 5.41) is 2.93. The number of ether oxygens (including phenoxy) is 1. The van der Waals surface area contributed by atoms with Gasteiger partial charge in [-0.15, -0.1) is 0 Å². The molecule has 0 saturated carbocycles. The number of carbonyl (C=O) groups is 3. The monoisotopic (exact) mass is 526 g/mol. The van der Waals surface area contributed by atoms with Crippen molar-refractivity contribution in [1.82, 2.24) is 20.1 Å². The van der Waals surface area contributed by atoms with Gasteiger partial charge in [0.15, 0.2) is 0 Å². The minimum Gasteiger partial charge on any atom is -0.353 e. The summed E-state index contributed by atoms with van der Waals surface area (Å²) in [5.41, 5.74) is 3.07. The van der Waals surface area contributed by atoms with Crippen molar-refractivity contribution in [2.45, 2.75) is 51.4 Å². The van der Waals surface area contributed by atoms with Crippen molar-refractivity contribution in [3.05, 3.63) is 101 Å². The van der Waals surface area contributed by atoms with E-state index in [9.17, 15) is 14.4 Å². The van der Waals surface area contributed by atoms with Crippen molar-refractivity contribution in [2.75, 3.05) is 19.7 Å². The summed E-state index contributed by atoms with van der Waals surface area (Å²) in [4.78, 5) is 48.2. The lowest BCUT2D eigenvalue weighted by Crippen LogP contribution is -2.59. The van der Waals surface area contributed by atoms with Crippen LogP contribution in [0.25, 0.3) is 0 Å². The molecule has 5 rings (SSSR count). The van der Waals surface area contributed by atoms with E-state index in [0.29, 0.717) is 37.1 Å². The van der Waals surface area contributed by atoms with Gasteiger partial charge in [0, 0.05) is 43.3 Å². The molecule has 0 aliphatic carbocycles. The highest BCUT2D eigenvalue weighted by Gasteiger charge is 2.54. The minimum absolute atomic E-state index is 0.0354. The molecule has 1 N–H and O–H groups in total. The first kappa shape index (κ1) is 26.6. The maximum absolute atomic E-state index is 13.9. The lowest BCUT2D eigenvalue weighted by molar-refractivity contribution is -0.128. The van der Waals surface area contributed by atoms with Crippen molar-refractivity contribution in [3.8, 4) is 0 Å². The molecule has 0 radical (unpaired) electrons. The highest BCUT2D eigenvalue weighted by Crippen LogP contribution is 2.39. The van der Waals surface area contributed by atoms with E-state index < -0.39 is 11.8 Å². The van der Waals surface area contributed by atoms with E-state index in [1.165, 1.54) is 5.56 Å². The molecule has 2 aliphatic rings. The van der Waals surface area contributed by atoms with Crippen LogP contribution in [0.15, 0.2) is 72.9 Å². The Balaban J connectivity index is 1.35. The molecule has 1 spiro atoms. The third kappa shape index (κ3) is 5.56. The highest BCUT2D eigenvalue weighted by molar-refractivity contribution is 5.99. The molecule has 0 unspecified atom stereocenters. The van der Waals surface area contributed by atoms with Crippen LogP contribution in [-0.4, -0.2) is 64.0 Å². The van der Waals surface area contributed by atoms with Gasteiger partial charge >= 0.3 is 0 Å². The number of benzene rings is 2. The number of rotatable bonds is 6. The molecular formula is C31H34N4O4. The van der Waals surface area contributed by atoms with Crippen LogP contribution in [0.3, 0.4) is 0 Å². The topological polar surface area (TPSA) is 91.8 Å². The number of amides is 3. The number of carbonyl (C=O) groups excluding carboxylic acids is 3. The van der Waals surface area contributed by atoms with Crippen molar-refractivity contribution >= 4 is 17.7 Å². The van der Waals surface area contributed by atoms with Gasteiger partial charge in [0.25, 0.3) is 11.8 Å². The molecule has 8 nitrogen and oxygen atoms in total. The van der Waals surface area contributed by atoms with Crippen molar-refractivity contribution < 1.29 is 19.1 Å². The van der Waals surface area contributed by atoms with E-state index in [2.05, 4.69) is 17.2 Å². The fourth-order valence-corrected chi connectivity index (χ4v) is 5.41. The molecule has 8 heteroatoms. The molecular weight excluding hydrogens is 492 g/mol.